The van der Waals surface area contributed by atoms with Gasteiger partial charge in [-0.15, -0.1) is 11.8 Å². The van der Waals surface area contributed by atoms with Crippen LogP contribution in [0.1, 0.15) is 74.3 Å². The number of phenols is 1. The van der Waals surface area contributed by atoms with Crippen molar-refractivity contribution >= 4 is 29.9 Å². The number of thioether (sulfide) groups is 1. The minimum atomic E-state index is -1.46. The standard InChI is InChI=1S/C47H49N3O13S/c1-22-14-27-15-29-44(53)50-30-19-58-45(54)47(28-17-31(56-5)32(16-26(28)12-13-48-47)63-46(55)59-18-25-10-8-7-9-11-25)20-64-43(37(50)36(49(29)4)33(27)38(52)39(22)57-6)35-34(30)42-41(60-21-61-42)23(2)40(35)62-24(3)51/h7-11,14,16-17,29-30,36-37,43-44,48,52-53H,12-13,15,18-21H2,1-6H3/t29-,30-,36+,37?,43-,44+,47-/m1/s1. The molecule has 4 bridgehead atoms. The van der Waals surface area contributed by atoms with Gasteiger partial charge in [-0.1, -0.05) is 36.4 Å². The smallest absolute Gasteiger partial charge is 0.504 e. The SMILES string of the molecule is COc1cc2c(cc1OC(=O)OCc1ccccc1)CCN[C@]21CS[C@@H]2c3c(OC(C)=O)c(C)c4c(c3[C@@H](COC1=O)N1C2[C@@H]2c3c(cc(C)c(OC)c3O)C[C@H]([C@@H]1O)N2C)OCO4. The van der Waals surface area contributed by atoms with Crippen LogP contribution in [0.25, 0.3) is 0 Å². The maximum absolute atomic E-state index is 15.0. The molecule has 17 heteroatoms. The van der Waals surface area contributed by atoms with Crippen LogP contribution in [0.5, 0.6) is 40.2 Å². The molecule has 0 amide bonds. The van der Waals surface area contributed by atoms with E-state index in [0.29, 0.717) is 70.2 Å². The Morgan fingerprint density at radius 3 is 2.48 bits per heavy atom. The van der Waals surface area contributed by atoms with Crippen molar-refractivity contribution < 1.29 is 62.5 Å². The molecule has 7 atom stereocenters. The molecule has 64 heavy (non-hydrogen) atoms. The number of hydrogen-bond acceptors (Lipinski definition) is 17. The van der Waals surface area contributed by atoms with Gasteiger partial charge in [0.2, 0.25) is 6.79 Å². The topological polar surface area (TPSA) is 184 Å². The van der Waals surface area contributed by atoms with Crippen molar-refractivity contribution in [3.8, 4) is 40.2 Å². The van der Waals surface area contributed by atoms with Gasteiger partial charge in [0.25, 0.3) is 0 Å². The first-order valence-corrected chi connectivity index (χ1v) is 22.3. The third-order valence-electron chi connectivity index (χ3n) is 13.6. The van der Waals surface area contributed by atoms with E-state index in [9.17, 15) is 19.8 Å². The second-order valence-corrected chi connectivity index (χ2v) is 18.2. The van der Waals surface area contributed by atoms with Crippen molar-refractivity contribution in [2.24, 2.45) is 0 Å². The monoisotopic (exact) mass is 895 g/mol. The molecule has 0 aliphatic carbocycles. The van der Waals surface area contributed by atoms with Gasteiger partial charge in [-0.3, -0.25) is 19.9 Å². The van der Waals surface area contributed by atoms with Crippen LogP contribution in [-0.4, -0.2) is 103 Å². The summed E-state index contributed by atoms with van der Waals surface area (Å²) in [5.74, 6) is 0.839. The summed E-state index contributed by atoms with van der Waals surface area (Å²) in [6.07, 6.45) is -1.08. The molecule has 0 radical (unpaired) electrons. The maximum atomic E-state index is 15.0. The second kappa shape index (κ2) is 16.1. The molecule has 3 N–H and O–H groups in total. The van der Waals surface area contributed by atoms with E-state index in [1.165, 1.54) is 32.9 Å². The number of piperazine rings is 1. The summed E-state index contributed by atoms with van der Waals surface area (Å²) in [5.41, 5.74) is 4.80. The molecule has 1 spiro atoms. The van der Waals surface area contributed by atoms with Gasteiger partial charge in [0.05, 0.1) is 37.6 Å². The average molecular weight is 896 g/mol. The Balaban J connectivity index is 1.12. The number of aliphatic hydroxyl groups is 1. The number of methoxy groups -OCH3 is 2. The summed E-state index contributed by atoms with van der Waals surface area (Å²) in [5, 5.41) is 27.7. The van der Waals surface area contributed by atoms with Crippen molar-refractivity contribution in [2.45, 2.75) is 81.4 Å². The first kappa shape index (κ1) is 42.2. The molecule has 2 saturated heterocycles. The Bertz CT molecular complexity index is 2590. The number of aliphatic hydroxyl groups excluding tert-OH is 1. The van der Waals surface area contributed by atoms with Gasteiger partial charge in [-0.2, -0.15) is 0 Å². The summed E-state index contributed by atoms with van der Waals surface area (Å²) >= 11 is 1.44. The van der Waals surface area contributed by atoms with Crippen LogP contribution in [-0.2, 0) is 44.1 Å². The third-order valence-corrected chi connectivity index (χ3v) is 15.1. The Morgan fingerprint density at radius 2 is 1.73 bits per heavy atom. The van der Waals surface area contributed by atoms with E-state index in [-0.39, 0.29) is 43.0 Å². The van der Waals surface area contributed by atoms with Gasteiger partial charge in [-0.25, -0.2) is 9.59 Å². The predicted octanol–water partition coefficient (Wildman–Crippen LogP) is 5.42. The van der Waals surface area contributed by atoms with E-state index in [2.05, 4.69) is 10.2 Å². The molecule has 16 nitrogen and oxygen atoms in total. The molecule has 336 valence electrons. The number of nitrogens with zero attached hydrogens (tertiary/aromatic N) is 2. The molecule has 7 aliphatic rings. The van der Waals surface area contributed by atoms with Gasteiger partial charge in [0.15, 0.2) is 40.0 Å². The largest absolute Gasteiger partial charge is 0.514 e. The minimum Gasteiger partial charge on any atom is -0.504 e. The summed E-state index contributed by atoms with van der Waals surface area (Å²) < 4.78 is 47.6. The molecule has 4 aromatic rings. The lowest BCUT2D eigenvalue weighted by Gasteiger charge is -2.62. The number of likely N-dealkylation sites (N-methyl/N-ethyl adjacent to an activating group) is 1. The number of benzene rings is 4. The van der Waals surface area contributed by atoms with Crippen LogP contribution < -0.4 is 33.7 Å². The number of esters is 2. The lowest BCUT2D eigenvalue weighted by molar-refractivity contribution is -0.186. The van der Waals surface area contributed by atoms with Crippen molar-refractivity contribution in [1.82, 2.24) is 15.1 Å². The number of rotatable bonds is 6. The van der Waals surface area contributed by atoms with E-state index in [1.807, 2.05) is 62.2 Å². The Kier molecular flexibility index (Phi) is 10.6. The number of phenolic OH excluding ortho intramolecular Hbond substituents is 1. The van der Waals surface area contributed by atoms with Crippen molar-refractivity contribution in [2.75, 3.05) is 47.0 Å². The highest BCUT2D eigenvalue weighted by Gasteiger charge is 2.61. The number of carbonyl (C=O) groups excluding carboxylic acids is 3. The molecular formula is C47H49N3O13S. The van der Waals surface area contributed by atoms with Gasteiger partial charge < -0.3 is 48.1 Å². The van der Waals surface area contributed by atoms with E-state index in [0.717, 1.165) is 22.3 Å². The predicted molar refractivity (Wildman–Crippen MR) is 230 cm³/mol. The fourth-order valence-electron chi connectivity index (χ4n) is 10.9. The summed E-state index contributed by atoms with van der Waals surface area (Å²) in [4.78, 5) is 45.2. The third kappa shape index (κ3) is 6.45. The first-order chi connectivity index (χ1) is 30.9. The second-order valence-electron chi connectivity index (χ2n) is 17.0. The van der Waals surface area contributed by atoms with Gasteiger partial charge >= 0.3 is 18.1 Å². The number of carbonyl (C=O) groups is 3. The fourth-order valence-corrected chi connectivity index (χ4v) is 12.6. The summed E-state index contributed by atoms with van der Waals surface area (Å²) in [6.45, 7) is 5.11. The Morgan fingerprint density at radius 1 is 0.953 bits per heavy atom. The lowest BCUT2D eigenvalue weighted by atomic mass is 9.73. The van der Waals surface area contributed by atoms with E-state index < -0.39 is 59.3 Å². The first-order valence-electron chi connectivity index (χ1n) is 21.2. The van der Waals surface area contributed by atoms with Gasteiger partial charge in [-0.05, 0) is 73.7 Å². The highest BCUT2D eigenvalue weighted by atomic mass is 32.2. The molecule has 0 aromatic heterocycles. The van der Waals surface area contributed by atoms with Crippen LogP contribution in [0.3, 0.4) is 0 Å². The number of aromatic hydroxyl groups is 1. The van der Waals surface area contributed by atoms with Crippen LogP contribution in [0.15, 0.2) is 48.5 Å². The van der Waals surface area contributed by atoms with E-state index >= 15 is 4.79 Å². The lowest BCUT2D eigenvalue weighted by Crippen LogP contribution is -2.70. The van der Waals surface area contributed by atoms with Crippen LogP contribution >= 0.6 is 11.8 Å². The molecule has 1 unspecified atom stereocenters. The fraction of sp³-hybridized carbons (Fsp3) is 0.426. The number of nitrogens with one attached hydrogen (secondary N) is 1. The van der Waals surface area contributed by atoms with E-state index in [4.69, 9.17) is 37.9 Å². The normalized spacial score (nSPS) is 26.5. The average Bonchev–Trinajstić information content (AvgIpc) is 3.78. The van der Waals surface area contributed by atoms with E-state index in [1.54, 1.807) is 12.1 Å². The maximum Gasteiger partial charge on any atom is 0.514 e. The zero-order valence-electron chi connectivity index (χ0n) is 36.2. The summed E-state index contributed by atoms with van der Waals surface area (Å²) in [7, 11) is 4.93. The highest BCUT2D eigenvalue weighted by molar-refractivity contribution is 7.99. The molecule has 11 rings (SSSR count). The molecule has 4 aromatic carbocycles. The van der Waals surface area contributed by atoms with Gasteiger partial charge in [0.1, 0.15) is 25.2 Å². The van der Waals surface area contributed by atoms with Crippen LogP contribution in [0.2, 0.25) is 0 Å². The Labute approximate surface area is 373 Å². The number of aryl methyl sites for hydroxylation is 1. The van der Waals surface area contributed by atoms with Crippen molar-refractivity contribution in [3.63, 3.8) is 0 Å². The zero-order chi connectivity index (χ0) is 44.8. The van der Waals surface area contributed by atoms with Gasteiger partial charge in [0, 0.05) is 47.5 Å². The van der Waals surface area contributed by atoms with Crippen molar-refractivity contribution in [3.05, 3.63) is 98.6 Å². The molecular weight excluding hydrogens is 847 g/mol. The molecule has 7 aliphatic heterocycles. The number of fused-ring (bicyclic) bond motifs is 9. The Hall–Kier alpha value is -5.72. The zero-order valence-corrected chi connectivity index (χ0v) is 37.0. The van der Waals surface area contributed by atoms with Crippen LogP contribution in [0, 0.1) is 13.8 Å². The number of hydrogen-bond donors (Lipinski definition) is 3. The minimum absolute atomic E-state index is 0.0140. The quantitative estimate of drug-likeness (QED) is 0.127. The number of ether oxygens (including phenoxy) is 8. The highest BCUT2D eigenvalue weighted by Crippen LogP contribution is 2.64. The van der Waals surface area contributed by atoms with Crippen molar-refractivity contribution in [1.29, 1.82) is 0 Å². The molecule has 7 heterocycles. The molecule has 2 fully saturated rings. The molecule has 0 saturated carbocycles. The van der Waals surface area contributed by atoms with Crippen LogP contribution in [0.4, 0.5) is 4.79 Å². The summed E-state index contributed by atoms with van der Waals surface area (Å²) in [6, 6.07) is 12.3.